The number of rotatable bonds is 7. The standard InChI is InChI=1S/C23H30N6OSi/c1-31(2,3)12-11-30-17-28-10-8-21-22(25-16-26-23(21)28)19-14-27-29(15-19)20-6-4-5-18(13-20)7-9-24/h7-8,10,14-16,20H,4-6,11-13,17H2,1-3H3/b18-7-. The van der Waals surface area contributed by atoms with Gasteiger partial charge in [-0.2, -0.15) is 10.4 Å². The van der Waals surface area contributed by atoms with Gasteiger partial charge in [-0.15, -0.1) is 0 Å². The number of hydrogen-bond acceptors (Lipinski definition) is 5. The van der Waals surface area contributed by atoms with Crippen molar-refractivity contribution < 1.29 is 4.74 Å². The van der Waals surface area contributed by atoms with E-state index in [0.29, 0.717) is 12.8 Å². The van der Waals surface area contributed by atoms with Crippen LogP contribution in [-0.2, 0) is 11.5 Å². The monoisotopic (exact) mass is 434 g/mol. The van der Waals surface area contributed by atoms with Crippen LogP contribution in [0.1, 0.15) is 31.7 Å². The summed E-state index contributed by atoms with van der Waals surface area (Å²) in [6.07, 6.45) is 13.3. The van der Waals surface area contributed by atoms with Crippen LogP contribution in [0.5, 0.6) is 0 Å². The summed E-state index contributed by atoms with van der Waals surface area (Å²) in [5.41, 5.74) is 3.97. The third-order valence-corrected chi connectivity index (χ3v) is 7.54. The van der Waals surface area contributed by atoms with Crippen molar-refractivity contribution in [3.8, 4) is 17.3 Å². The van der Waals surface area contributed by atoms with E-state index in [1.165, 1.54) is 5.57 Å². The molecule has 3 heterocycles. The van der Waals surface area contributed by atoms with Crippen LogP contribution in [0.2, 0.25) is 25.7 Å². The van der Waals surface area contributed by atoms with E-state index in [-0.39, 0.29) is 0 Å². The molecule has 4 rings (SSSR count). The first-order chi connectivity index (χ1) is 14.9. The van der Waals surface area contributed by atoms with Gasteiger partial charge < -0.3 is 9.30 Å². The van der Waals surface area contributed by atoms with Gasteiger partial charge in [0.05, 0.1) is 24.0 Å². The molecule has 7 nitrogen and oxygen atoms in total. The summed E-state index contributed by atoms with van der Waals surface area (Å²) in [6, 6.07) is 5.67. The van der Waals surface area contributed by atoms with E-state index in [9.17, 15) is 0 Å². The van der Waals surface area contributed by atoms with E-state index in [2.05, 4.69) is 53.0 Å². The van der Waals surface area contributed by atoms with Gasteiger partial charge >= 0.3 is 0 Å². The summed E-state index contributed by atoms with van der Waals surface area (Å²) < 4.78 is 9.98. The van der Waals surface area contributed by atoms with E-state index in [4.69, 9.17) is 10.00 Å². The molecular formula is C23H30N6OSi. The van der Waals surface area contributed by atoms with Crippen molar-refractivity contribution in [2.45, 2.75) is 64.1 Å². The van der Waals surface area contributed by atoms with E-state index in [1.54, 1.807) is 12.4 Å². The molecule has 1 aliphatic rings. The number of hydrogen-bond donors (Lipinski definition) is 0. The summed E-state index contributed by atoms with van der Waals surface area (Å²) in [4.78, 5) is 9.05. The SMILES string of the molecule is C[Si](C)(C)CCOCn1ccc2c(-c3cnn(C4CCC/C(=C/C#N)C4)c3)ncnc21. The minimum absolute atomic E-state index is 0.295. The lowest BCUT2D eigenvalue weighted by molar-refractivity contribution is 0.0899. The molecule has 3 aromatic heterocycles. The van der Waals surface area contributed by atoms with Crippen LogP contribution in [0, 0.1) is 11.3 Å². The minimum atomic E-state index is -1.10. The average Bonchev–Trinajstić information content (AvgIpc) is 3.39. The predicted molar refractivity (Wildman–Crippen MR) is 124 cm³/mol. The molecule has 1 fully saturated rings. The number of aromatic nitrogens is 5. The lowest BCUT2D eigenvalue weighted by Gasteiger charge is -2.24. The second-order valence-electron chi connectivity index (χ2n) is 9.48. The van der Waals surface area contributed by atoms with Crippen LogP contribution in [0.15, 0.2) is 42.6 Å². The Morgan fingerprint density at radius 3 is 3.00 bits per heavy atom. The molecule has 1 saturated carbocycles. The topological polar surface area (TPSA) is 81.5 Å². The first-order valence-corrected chi connectivity index (χ1v) is 14.6. The van der Waals surface area contributed by atoms with Crippen molar-refractivity contribution in [3.05, 3.63) is 42.6 Å². The Morgan fingerprint density at radius 2 is 2.19 bits per heavy atom. The maximum atomic E-state index is 8.96. The molecule has 1 aliphatic carbocycles. The fraction of sp³-hybridized carbons (Fsp3) is 0.478. The number of nitrogens with zero attached hydrogens (tertiary/aromatic N) is 6. The Morgan fingerprint density at radius 1 is 1.32 bits per heavy atom. The van der Waals surface area contributed by atoms with Crippen molar-refractivity contribution in [1.82, 2.24) is 24.3 Å². The molecule has 8 heteroatoms. The molecular weight excluding hydrogens is 404 g/mol. The Labute approximate surface area is 184 Å². The van der Waals surface area contributed by atoms with Gasteiger partial charge in [0.2, 0.25) is 0 Å². The van der Waals surface area contributed by atoms with Crippen LogP contribution >= 0.6 is 0 Å². The molecule has 0 aliphatic heterocycles. The Balaban J connectivity index is 1.51. The fourth-order valence-corrected chi connectivity index (χ4v) is 4.82. The maximum absolute atomic E-state index is 8.96. The van der Waals surface area contributed by atoms with Crippen LogP contribution < -0.4 is 0 Å². The summed E-state index contributed by atoms with van der Waals surface area (Å²) in [5.74, 6) is 0. The van der Waals surface area contributed by atoms with E-state index >= 15 is 0 Å². The van der Waals surface area contributed by atoms with Crippen LogP contribution in [-0.4, -0.2) is 39.0 Å². The van der Waals surface area contributed by atoms with E-state index in [1.807, 2.05) is 21.6 Å². The van der Waals surface area contributed by atoms with Crippen molar-refractivity contribution in [3.63, 3.8) is 0 Å². The zero-order valence-corrected chi connectivity index (χ0v) is 19.6. The van der Waals surface area contributed by atoms with Crippen molar-refractivity contribution in [2.75, 3.05) is 6.61 Å². The molecule has 1 atom stereocenters. The Bertz CT molecular complexity index is 1120. The van der Waals surface area contributed by atoms with Gasteiger partial charge in [-0.1, -0.05) is 25.2 Å². The van der Waals surface area contributed by atoms with Crippen LogP contribution in [0.25, 0.3) is 22.3 Å². The maximum Gasteiger partial charge on any atom is 0.145 e. The zero-order chi connectivity index (χ0) is 21.8. The van der Waals surface area contributed by atoms with Gasteiger partial charge in [-0.3, -0.25) is 4.68 Å². The lowest BCUT2D eigenvalue weighted by atomic mass is 9.90. The molecule has 0 aromatic carbocycles. The number of fused-ring (bicyclic) bond motifs is 1. The predicted octanol–water partition coefficient (Wildman–Crippen LogP) is 5.17. The molecule has 0 spiro atoms. The minimum Gasteiger partial charge on any atom is -0.361 e. The van der Waals surface area contributed by atoms with Gasteiger partial charge in [0.1, 0.15) is 18.7 Å². The third-order valence-electron chi connectivity index (χ3n) is 5.83. The molecule has 31 heavy (non-hydrogen) atoms. The zero-order valence-electron chi connectivity index (χ0n) is 18.6. The summed E-state index contributed by atoms with van der Waals surface area (Å²) in [6.45, 7) is 8.35. The largest absolute Gasteiger partial charge is 0.361 e. The third kappa shape index (κ3) is 5.11. The highest BCUT2D eigenvalue weighted by Gasteiger charge is 2.20. The highest BCUT2D eigenvalue weighted by atomic mass is 28.3. The highest BCUT2D eigenvalue weighted by Crippen LogP contribution is 2.33. The molecule has 0 bridgehead atoms. The van der Waals surface area contributed by atoms with Crippen molar-refractivity contribution in [2.24, 2.45) is 0 Å². The lowest BCUT2D eigenvalue weighted by Crippen LogP contribution is -2.22. The molecule has 1 unspecified atom stereocenters. The van der Waals surface area contributed by atoms with Gasteiger partial charge in [0.25, 0.3) is 0 Å². The molecule has 162 valence electrons. The van der Waals surface area contributed by atoms with Crippen molar-refractivity contribution in [1.29, 1.82) is 5.26 Å². The first kappa shape index (κ1) is 21.5. The fourth-order valence-electron chi connectivity index (χ4n) is 4.06. The van der Waals surface area contributed by atoms with E-state index < -0.39 is 8.07 Å². The molecule has 0 N–H and O–H groups in total. The van der Waals surface area contributed by atoms with Gasteiger partial charge in [0, 0.05) is 44.1 Å². The molecule has 3 aromatic rings. The number of ether oxygens (including phenoxy) is 1. The second-order valence-corrected chi connectivity index (χ2v) is 15.1. The molecule has 0 saturated heterocycles. The molecule has 0 radical (unpaired) electrons. The van der Waals surface area contributed by atoms with E-state index in [0.717, 1.165) is 60.6 Å². The Kier molecular flexibility index (Phi) is 6.34. The second kappa shape index (κ2) is 9.16. The smallest absolute Gasteiger partial charge is 0.145 e. The highest BCUT2D eigenvalue weighted by molar-refractivity contribution is 6.76. The quantitative estimate of drug-likeness (QED) is 0.291. The number of nitriles is 1. The summed E-state index contributed by atoms with van der Waals surface area (Å²) >= 11 is 0. The van der Waals surface area contributed by atoms with Gasteiger partial charge in [-0.05, 0) is 37.8 Å². The van der Waals surface area contributed by atoms with Crippen LogP contribution in [0.3, 0.4) is 0 Å². The first-order valence-electron chi connectivity index (χ1n) is 10.9. The van der Waals surface area contributed by atoms with Gasteiger partial charge in [-0.25, -0.2) is 9.97 Å². The van der Waals surface area contributed by atoms with Crippen molar-refractivity contribution >= 4 is 19.1 Å². The summed E-state index contributed by atoms with van der Waals surface area (Å²) in [5, 5.41) is 14.6. The summed E-state index contributed by atoms with van der Waals surface area (Å²) in [7, 11) is -1.10. The van der Waals surface area contributed by atoms with Gasteiger partial charge in [0.15, 0.2) is 0 Å². The Hall–Kier alpha value is -2.76. The average molecular weight is 435 g/mol. The van der Waals surface area contributed by atoms with Crippen LogP contribution in [0.4, 0.5) is 0 Å². The number of allylic oxidation sites excluding steroid dienone is 2. The molecule has 0 amide bonds. The normalized spacial score (nSPS) is 18.5.